The lowest BCUT2D eigenvalue weighted by molar-refractivity contribution is 0.0734. The minimum Gasteiger partial charge on any atom is -0.477 e. The van der Waals surface area contributed by atoms with Gasteiger partial charge in [-0.05, 0) is 45.4 Å². The van der Waals surface area contributed by atoms with Crippen LogP contribution in [0.25, 0.3) is 0 Å². The average molecular weight is 439 g/mol. The highest BCUT2D eigenvalue weighted by atomic mass is 16.5. The van der Waals surface area contributed by atoms with Crippen molar-refractivity contribution in [2.75, 3.05) is 23.8 Å². The fourth-order valence-electron chi connectivity index (χ4n) is 4.98. The Bertz CT molecular complexity index is 938. The van der Waals surface area contributed by atoms with Crippen molar-refractivity contribution in [3.8, 4) is 11.9 Å². The number of piperidine rings is 1. The highest BCUT2D eigenvalue weighted by Crippen LogP contribution is 2.34. The highest BCUT2D eigenvalue weighted by molar-refractivity contribution is 5.58. The number of nitrogens with zero attached hydrogens (tertiary/aromatic N) is 5. The first kappa shape index (κ1) is 22.3. The summed E-state index contributed by atoms with van der Waals surface area (Å²) in [5.41, 5.74) is 2.03. The number of aryl methyl sites for hydroxylation is 1. The van der Waals surface area contributed by atoms with E-state index in [0.717, 1.165) is 62.1 Å². The monoisotopic (exact) mass is 438 g/mol. The van der Waals surface area contributed by atoms with Gasteiger partial charge in [-0.2, -0.15) is 20.3 Å². The number of ether oxygens (including phenoxy) is 1. The van der Waals surface area contributed by atoms with Crippen LogP contribution >= 0.6 is 0 Å². The molecule has 2 unspecified atom stereocenters. The molecule has 0 spiro atoms. The smallest absolute Gasteiger partial charge is 0.233 e. The molecule has 2 aliphatic heterocycles. The van der Waals surface area contributed by atoms with Crippen molar-refractivity contribution in [2.24, 2.45) is 0 Å². The summed E-state index contributed by atoms with van der Waals surface area (Å²) in [5.74, 6) is 2.70. The van der Waals surface area contributed by atoms with Crippen molar-refractivity contribution in [1.29, 1.82) is 5.26 Å². The van der Waals surface area contributed by atoms with Gasteiger partial charge >= 0.3 is 0 Å². The zero-order chi connectivity index (χ0) is 22.5. The van der Waals surface area contributed by atoms with Gasteiger partial charge in [0, 0.05) is 42.9 Å². The van der Waals surface area contributed by atoms with E-state index in [2.05, 4.69) is 50.6 Å². The molecule has 3 N–H and O–H groups in total. The molecular weight excluding hydrogens is 404 g/mol. The van der Waals surface area contributed by atoms with Gasteiger partial charge in [0.25, 0.3) is 0 Å². The molecule has 32 heavy (non-hydrogen) atoms. The molecule has 2 atom stereocenters. The van der Waals surface area contributed by atoms with Gasteiger partial charge in [-0.25, -0.2) is 0 Å². The van der Waals surface area contributed by atoms with Gasteiger partial charge in [0.2, 0.25) is 11.8 Å². The summed E-state index contributed by atoms with van der Waals surface area (Å²) in [6.45, 7) is 7.98. The second-order valence-corrected chi connectivity index (χ2v) is 8.78. The Hall–Kier alpha value is -2.86. The summed E-state index contributed by atoms with van der Waals surface area (Å²) in [6, 6.07) is 5.50. The fraction of sp³-hybridized carbons (Fsp3) is 0.652. The maximum absolute atomic E-state index is 9.08. The molecule has 2 aromatic rings. The van der Waals surface area contributed by atoms with Crippen molar-refractivity contribution in [2.45, 2.75) is 83.8 Å². The molecule has 9 nitrogen and oxygen atoms in total. The predicted octanol–water partition coefficient (Wildman–Crippen LogP) is 3.92. The number of H-pyrrole nitrogens is 1. The predicted molar refractivity (Wildman–Crippen MR) is 124 cm³/mol. The SMILES string of the molecule is CCC1CC(Nc2nc(Nc3cc(C)[nH]n3)nc3c2CCCO3)CC(CC)N1CCC#N. The first-order chi connectivity index (χ1) is 15.6. The molecule has 4 rings (SSSR count). The molecule has 2 aromatic heterocycles. The number of nitriles is 1. The quantitative estimate of drug-likeness (QED) is 0.568. The summed E-state index contributed by atoms with van der Waals surface area (Å²) in [4.78, 5) is 12.0. The summed E-state index contributed by atoms with van der Waals surface area (Å²) < 4.78 is 5.88. The zero-order valence-corrected chi connectivity index (χ0v) is 19.3. The number of aromatic amines is 1. The Morgan fingerprint density at radius 1 is 1.25 bits per heavy atom. The van der Waals surface area contributed by atoms with Crippen molar-refractivity contribution in [3.63, 3.8) is 0 Å². The van der Waals surface area contributed by atoms with Gasteiger partial charge in [0.05, 0.1) is 18.2 Å². The van der Waals surface area contributed by atoms with Gasteiger partial charge in [0.15, 0.2) is 5.82 Å². The van der Waals surface area contributed by atoms with E-state index in [0.29, 0.717) is 48.8 Å². The van der Waals surface area contributed by atoms with Gasteiger partial charge in [-0.1, -0.05) is 13.8 Å². The van der Waals surface area contributed by atoms with Gasteiger partial charge in [0.1, 0.15) is 5.82 Å². The Morgan fingerprint density at radius 2 is 2.03 bits per heavy atom. The van der Waals surface area contributed by atoms with Crippen LogP contribution in [0.3, 0.4) is 0 Å². The summed E-state index contributed by atoms with van der Waals surface area (Å²) in [7, 11) is 0. The third-order valence-electron chi connectivity index (χ3n) is 6.54. The number of anilines is 3. The lowest BCUT2D eigenvalue weighted by atomic mass is 9.88. The first-order valence-corrected chi connectivity index (χ1v) is 11.8. The molecule has 172 valence electrons. The number of nitrogens with one attached hydrogen (secondary N) is 3. The number of hydrogen-bond donors (Lipinski definition) is 3. The Kier molecular flexibility index (Phi) is 7.10. The molecule has 9 heteroatoms. The molecule has 0 saturated carbocycles. The minimum atomic E-state index is 0.324. The standard InChI is InChI=1S/C23H34N8O/c1-4-17-13-16(14-18(5-2)31(17)10-7-9-24)25-21-19-8-6-11-32-22(19)28-23(27-21)26-20-12-15(3)29-30-20/h12,16-18H,4-8,10-11,13-14H2,1-3H3,(H3,25,26,27,28,29,30). The molecule has 1 fully saturated rings. The van der Waals surface area contributed by atoms with Crippen LogP contribution in [-0.4, -0.2) is 56.3 Å². The van der Waals surface area contributed by atoms with E-state index in [9.17, 15) is 0 Å². The lowest BCUT2D eigenvalue weighted by Gasteiger charge is -2.45. The Balaban J connectivity index is 1.56. The van der Waals surface area contributed by atoms with Crippen LogP contribution in [0.4, 0.5) is 17.6 Å². The fourth-order valence-corrected chi connectivity index (χ4v) is 4.98. The lowest BCUT2D eigenvalue weighted by Crippen LogP contribution is -2.52. The Morgan fingerprint density at radius 3 is 2.69 bits per heavy atom. The van der Waals surface area contributed by atoms with E-state index in [1.807, 2.05) is 13.0 Å². The van der Waals surface area contributed by atoms with E-state index in [1.54, 1.807) is 0 Å². The number of likely N-dealkylation sites (tertiary alicyclic amines) is 1. The normalized spacial score (nSPS) is 23.1. The largest absolute Gasteiger partial charge is 0.477 e. The van der Waals surface area contributed by atoms with Gasteiger partial charge in [-0.15, -0.1) is 0 Å². The first-order valence-electron chi connectivity index (χ1n) is 11.8. The van der Waals surface area contributed by atoms with Crippen LogP contribution in [0, 0.1) is 18.3 Å². The highest BCUT2D eigenvalue weighted by Gasteiger charge is 2.34. The van der Waals surface area contributed by atoms with E-state index in [-0.39, 0.29) is 0 Å². The van der Waals surface area contributed by atoms with Crippen molar-refractivity contribution in [3.05, 3.63) is 17.3 Å². The maximum atomic E-state index is 9.08. The summed E-state index contributed by atoms with van der Waals surface area (Å²) in [5, 5.41) is 23.2. The van der Waals surface area contributed by atoms with Crippen LogP contribution in [0.5, 0.6) is 5.88 Å². The van der Waals surface area contributed by atoms with Crippen LogP contribution < -0.4 is 15.4 Å². The van der Waals surface area contributed by atoms with Crippen LogP contribution in [-0.2, 0) is 6.42 Å². The average Bonchev–Trinajstić information content (AvgIpc) is 3.21. The van der Waals surface area contributed by atoms with E-state index in [4.69, 9.17) is 15.0 Å². The van der Waals surface area contributed by atoms with E-state index < -0.39 is 0 Å². The summed E-state index contributed by atoms with van der Waals surface area (Å²) >= 11 is 0. The van der Waals surface area contributed by atoms with Crippen molar-refractivity contribution < 1.29 is 4.74 Å². The van der Waals surface area contributed by atoms with Crippen molar-refractivity contribution >= 4 is 17.6 Å². The molecule has 0 aliphatic carbocycles. The minimum absolute atomic E-state index is 0.324. The number of aromatic nitrogens is 4. The van der Waals surface area contributed by atoms with Crippen LogP contribution in [0.15, 0.2) is 6.07 Å². The van der Waals surface area contributed by atoms with E-state index in [1.165, 1.54) is 0 Å². The number of rotatable bonds is 8. The van der Waals surface area contributed by atoms with Crippen LogP contribution in [0.2, 0.25) is 0 Å². The molecule has 0 amide bonds. The molecule has 0 bridgehead atoms. The topological polar surface area (TPSA) is 115 Å². The second-order valence-electron chi connectivity index (χ2n) is 8.78. The van der Waals surface area contributed by atoms with E-state index >= 15 is 0 Å². The Labute approximate surface area is 190 Å². The number of fused-ring (bicyclic) bond motifs is 1. The number of hydrogen-bond acceptors (Lipinski definition) is 8. The molecule has 1 saturated heterocycles. The third kappa shape index (κ3) is 4.96. The van der Waals surface area contributed by atoms with Gasteiger partial charge in [-0.3, -0.25) is 10.00 Å². The second kappa shape index (κ2) is 10.2. The molecule has 0 radical (unpaired) electrons. The van der Waals surface area contributed by atoms with Crippen LogP contribution in [0.1, 0.15) is 63.6 Å². The molecule has 0 aromatic carbocycles. The molecular formula is C23H34N8O. The summed E-state index contributed by atoms with van der Waals surface area (Å²) in [6.07, 6.45) is 6.71. The maximum Gasteiger partial charge on any atom is 0.233 e. The van der Waals surface area contributed by atoms with Gasteiger partial charge < -0.3 is 15.4 Å². The third-order valence-corrected chi connectivity index (χ3v) is 6.54. The molecule has 4 heterocycles. The zero-order valence-electron chi connectivity index (χ0n) is 19.3. The molecule has 2 aliphatic rings. The van der Waals surface area contributed by atoms with Crippen molar-refractivity contribution in [1.82, 2.24) is 25.1 Å².